The van der Waals surface area contributed by atoms with E-state index in [4.69, 9.17) is 4.74 Å². The quantitative estimate of drug-likeness (QED) is 0.754. The van der Waals surface area contributed by atoms with Gasteiger partial charge in [-0.3, -0.25) is 4.79 Å². The van der Waals surface area contributed by atoms with Crippen molar-refractivity contribution < 1.29 is 9.53 Å². The smallest absolute Gasteiger partial charge is 0.253 e. The first-order valence-electron chi connectivity index (χ1n) is 6.82. The Morgan fingerprint density at radius 3 is 2.75 bits per heavy atom. The number of benzene rings is 1. The maximum Gasteiger partial charge on any atom is 0.253 e. The minimum Gasteiger partial charge on any atom is -0.387 e. The van der Waals surface area contributed by atoms with E-state index in [1.54, 1.807) is 7.11 Å². The van der Waals surface area contributed by atoms with Gasteiger partial charge in [0.1, 0.15) is 0 Å². The van der Waals surface area contributed by atoms with E-state index in [-0.39, 0.29) is 5.91 Å². The molecule has 0 radical (unpaired) electrons. The third kappa shape index (κ3) is 5.19. The largest absolute Gasteiger partial charge is 0.387 e. The number of nitrogens with zero attached hydrogens (tertiary/aromatic N) is 1. The van der Waals surface area contributed by atoms with E-state index < -0.39 is 0 Å². The lowest BCUT2D eigenvalue weighted by molar-refractivity contribution is 0.0948. The van der Waals surface area contributed by atoms with Gasteiger partial charge in [0.2, 0.25) is 0 Å². The molecule has 1 rings (SSSR count). The van der Waals surface area contributed by atoms with E-state index in [9.17, 15) is 4.79 Å². The first-order chi connectivity index (χ1) is 9.58. The van der Waals surface area contributed by atoms with E-state index >= 15 is 0 Å². The maximum absolute atomic E-state index is 12.1. The van der Waals surface area contributed by atoms with E-state index in [0.717, 1.165) is 24.3 Å². The number of ether oxygens (including phenoxy) is 1. The first-order valence-corrected chi connectivity index (χ1v) is 6.82. The molecule has 0 saturated heterocycles. The molecular formula is C15H25N3O2. The molecule has 0 unspecified atom stereocenters. The molecule has 0 saturated carbocycles. The third-order valence-corrected chi connectivity index (χ3v) is 3.15. The summed E-state index contributed by atoms with van der Waals surface area (Å²) in [6.07, 6.45) is 0. The molecule has 1 aromatic carbocycles. The van der Waals surface area contributed by atoms with E-state index in [1.807, 2.05) is 39.2 Å². The molecule has 0 spiro atoms. The van der Waals surface area contributed by atoms with Crippen LogP contribution >= 0.6 is 0 Å². The van der Waals surface area contributed by atoms with Gasteiger partial charge in [-0.2, -0.15) is 0 Å². The average Bonchev–Trinajstić information content (AvgIpc) is 2.44. The molecule has 2 N–H and O–H groups in total. The Morgan fingerprint density at radius 2 is 2.10 bits per heavy atom. The van der Waals surface area contributed by atoms with Gasteiger partial charge < -0.3 is 20.3 Å². The zero-order chi connectivity index (χ0) is 15.0. The van der Waals surface area contributed by atoms with Crippen molar-refractivity contribution in [2.24, 2.45) is 0 Å². The molecule has 0 aliphatic heterocycles. The summed E-state index contributed by atoms with van der Waals surface area (Å²) >= 11 is 0. The lowest BCUT2D eigenvalue weighted by Crippen LogP contribution is -2.34. The Hall–Kier alpha value is -1.59. The predicted molar refractivity (Wildman–Crippen MR) is 82.4 cm³/mol. The molecule has 0 aromatic heterocycles. The van der Waals surface area contributed by atoms with Gasteiger partial charge in [-0.15, -0.1) is 0 Å². The maximum atomic E-state index is 12.1. The Bertz CT molecular complexity index is 435. The summed E-state index contributed by atoms with van der Waals surface area (Å²) in [5.74, 6) is -0.0468. The second-order valence-corrected chi connectivity index (χ2v) is 4.85. The second kappa shape index (κ2) is 8.55. The van der Waals surface area contributed by atoms with Crippen molar-refractivity contribution in [3.8, 4) is 0 Å². The summed E-state index contributed by atoms with van der Waals surface area (Å²) < 4.78 is 5.01. The zero-order valence-corrected chi connectivity index (χ0v) is 12.8. The number of methoxy groups -OCH3 is 1. The summed E-state index contributed by atoms with van der Waals surface area (Å²) in [6.45, 7) is 4.99. The number of rotatable bonds is 8. The van der Waals surface area contributed by atoms with Crippen molar-refractivity contribution in [1.29, 1.82) is 0 Å². The fourth-order valence-electron chi connectivity index (χ4n) is 1.88. The van der Waals surface area contributed by atoms with Crippen LogP contribution < -0.4 is 10.6 Å². The van der Waals surface area contributed by atoms with Crippen molar-refractivity contribution in [3.63, 3.8) is 0 Å². The van der Waals surface area contributed by atoms with Crippen LogP contribution in [0.15, 0.2) is 18.2 Å². The third-order valence-electron chi connectivity index (χ3n) is 3.15. The zero-order valence-electron chi connectivity index (χ0n) is 12.8. The predicted octanol–water partition coefficient (Wildman–Crippen LogP) is 1.34. The number of nitrogens with one attached hydrogen (secondary N) is 2. The molecule has 0 fully saturated rings. The molecule has 0 heterocycles. The van der Waals surface area contributed by atoms with Crippen LogP contribution in [-0.2, 0) is 4.74 Å². The SMILES string of the molecule is CNc1cc(C)ccc1C(=O)NCCN(C)CCOC. The van der Waals surface area contributed by atoms with E-state index in [2.05, 4.69) is 15.5 Å². The molecule has 112 valence electrons. The van der Waals surface area contributed by atoms with Crippen LogP contribution in [0.4, 0.5) is 5.69 Å². The van der Waals surface area contributed by atoms with Crippen molar-refractivity contribution in [2.45, 2.75) is 6.92 Å². The standard InChI is InChI=1S/C15H25N3O2/c1-12-5-6-13(14(11-12)16-2)15(19)17-7-8-18(3)9-10-20-4/h5-6,11,16H,7-10H2,1-4H3,(H,17,19). The number of hydrogen-bond acceptors (Lipinski definition) is 4. The van der Waals surface area contributed by atoms with Gasteiger partial charge in [-0.25, -0.2) is 0 Å². The summed E-state index contributed by atoms with van der Waals surface area (Å²) in [5, 5.41) is 6.00. The Morgan fingerprint density at radius 1 is 1.35 bits per heavy atom. The second-order valence-electron chi connectivity index (χ2n) is 4.85. The number of carbonyl (C=O) groups excluding carboxylic acids is 1. The van der Waals surface area contributed by atoms with Gasteiger partial charge in [0.15, 0.2) is 0 Å². The summed E-state index contributed by atoms with van der Waals surface area (Å²) in [5.41, 5.74) is 2.66. The van der Waals surface area contributed by atoms with Crippen molar-refractivity contribution in [3.05, 3.63) is 29.3 Å². The number of anilines is 1. The normalized spacial score (nSPS) is 10.7. The van der Waals surface area contributed by atoms with Gasteiger partial charge in [-0.05, 0) is 31.7 Å². The fourth-order valence-corrected chi connectivity index (χ4v) is 1.88. The van der Waals surface area contributed by atoms with Crippen molar-refractivity contribution in [2.75, 3.05) is 52.8 Å². The Labute approximate surface area is 121 Å². The fraction of sp³-hybridized carbons (Fsp3) is 0.533. The van der Waals surface area contributed by atoms with Gasteiger partial charge in [0.25, 0.3) is 5.91 Å². The molecule has 0 aliphatic rings. The Balaban J connectivity index is 2.47. The molecule has 1 aromatic rings. The highest BCUT2D eigenvalue weighted by Gasteiger charge is 2.10. The number of carbonyl (C=O) groups is 1. The highest BCUT2D eigenvalue weighted by molar-refractivity contribution is 5.99. The minimum absolute atomic E-state index is 0.0468. The van der Waals surface area contributed by atoms with Crippen LogP contribution in [0, 0.1) is 6.92 Å². The van der Waals surface area contributed by atoms with Crippen molar-refractivity contribution in [1.82, 2.24) is 10.2 Å². The van der Waals surface area contributed by atoms with Crippen LogP contribution in [0.1, 0.15) is 15.9 Å². The molecule has 20 heavy (non-hydrogen) atoms. The molecule has 0 aliphatic carbocycles. The number of aryl methyl sites for hydroxylation is 1. The summed E-state index contributed by atoms with van der Waals surface area (Å²) in [4.78, 5) is 14.3. The molecular weight excluding hydrogens is 254 g/mol. The molecule has 0 bridgehead atoms. The van der Waals surface area contributed by atoms with Crippen LogP contribution in [0.3, 0.4) is 0 Å². The van der Waals surface area contributed by atoms with Gasteiger partial charge in [0, 0.05) is 39.5 Å². The number of amides is 1. The van der Waals surface area contributed by atoms with Crippen LogP contribution in [-0.4, -0.2) is 58.3 Å². The van der Waals surface area contributed by atoms with Crippen LogP contribution in [0.25, 0.3) is 0 Å². The summed E-state index contributed by atoms with van der Waals surface area (Å²) in [7, 11) is 5.52. The number of likely N-dealkylation sites (N-methyl/N-ethyl adjacent to an activating group) is 1. The minimum atomic E-state index is -0.0468. The highest BCUT2D eigenvalue weighted by Crippen LogP contribution is 2.16. The molecule has 5 nitrogen and oxygen atoms in total. The average molecular weight is 279 g/mol. The molecule has 0 atom stereocenters. The first kappa shape index (κ1) is 16.5. The topological polar surface area (TPSA) is 53.6 Å². The van der Waals surface area contributed by atoms with Crippen LogP contribution in [0.5, 0.6) is 0 Å². The van der Waals surface area contributed by atoms with Crippen LogP contribution in [0.2, 0.25) is 0 Å². The van der Waals surface area contributed by atoms with E-state index in [1.165, 1.54) is 0 Å². The van der Waals surface area contributed by atoms with Crippen molar-refractivity contribution >= 4 is 11.6 Å². The summed E-state index contributed by atoms with van der Waals surface area (Å²) in [6, 6.07) is 5.77. The van der Waals surface area contributed by atoms with E-state index in [0.29, 0.717) is 18.7 Å². The van der Waals surface area contributed by atoms with Gasteiger partial charge >= 0.3 is 0 Å². The lowest BCUT2D eigenvalue weighted by atomic mass is 10.1. The monoisotopic (exact) mass is 279 g/mol. The lowest BCUT2D eigenvalue weighted by Gasteiger charge is -2.16. The van der Waals surface area contributed by atoms with Gasteiger partial charge in [-0.1, -0.05) is 6.07 Å². The molecule has 1 amide bonds. The molecule has 5 heteroatoms. The Kier molecular flexibility index (Phi) is 7.04. The number of hydrogen-bond donors (Lipinski definition) is 2. The van der Waals surface area contributed by atoms with Gasteiger partial charge in [0.05, 0.1) is 12.2 Å². The highest BCUT2D eigenvalue weighted by atomic mass is 16.5.